The van der Waals surface area contributed by atoms with E-state index in [1.54, 1.807) is 19.2 Å². The van der Waals surface area contributed by atoms with Gasteiger partial charge in [0.2, 0.25) is 5.91 Å². The van der Waals surface area contributed by atoms with E-state index in [0.29, 0.717) is 17.1 Å². The number of hydrogen-bond acceptors (Lipinski definition) is 5. The number of carbonyl (C=O) groups is 2. The van der Waals surface area contributed by atoms with E-state index < -0.39 is 11.8 Å². The van der Waals surface area contributed by atoms with Gasteiger partial charge in [-0.15, -0.1) is 0 Å². The first-order valence-corrected chi connectivity index (χ1v) is 9.73. The molecule has 1 saturated heterocycles. The lowest BCUT2D eigenvalue weighted by atomic mass is 9.82. The van der Waals surface area contributed by atoms with Crippen molar-refractivity contribution in [2.75, 3.05) is 7.11 Å². The van der Waals surface area contributed by atoms with Crippen molar-refractivity contribution >= 4 is 22.6 Å². The molecule has 2 aliphatic rings. The number of nitrogens with zero attached hydrogens (tertiary/aromatic N) is 1. The highest BCUT2D eigenvalue weighted by atomic mass is 16.5. The fraction of sp³-hybridized carbons (Fsp3) is 0.167. The van der Waals surface area contributed by atoms with Gasteiger partial charge in [0, 0.05) is 24.0 Å². The third-order valence-electron chi connectivity index (χ3n) is 5.79. The number of fused-ring (bicyclic) bond motifs is 4. The van der Waals surface area contributed by atoms with Crippen LogP contribution in [0.5, 0.6) is 11.5 Å². The number of methoxy groups -OCH3 is 1. The second-order valence-corrected chi connectivity index (χ2v) is 7.46. The van der Waals surface area contributed by atoms with E-state index in [9.17, 15) is 9.59 Å². The number of imide groups is 1. The third kappa shape index (κ3) is 2.80. The number of likely N-dealkylation sites (tertiary alicyclic amines) is 1. The smallest absolute Gasteiger partial charge is 0.262 e. The molecule has 0 radical (unpaired) electrons. The largest absolute Gasteiger partial charge is 0.497 e. The minimum absolute atomic E-state index is 0.0428. The summed E-state index contributed by atoms with van der Waals surface area (Å²) in [4.78, 5) is 27.6. The van der Waals surface area contributed by atoms with Gasteiger partial charge in [-0.1, -0.05) is 48.5 Å². The number of piperidine rings is 1. The predicted octanol–water partition coefficient (Wildman–Crippen LogP) is 3.45. The maximum atomic E-state index is 13.3. The standard InChI is InChI=1S/C24H20N2O4/c1-29-16-9-10-18-19-12-21(27)26(24(28)22(19)23(25)30-20(18)11-16)13-15-7-4-6-14-5-2-3-8-17(14)15/h2-11,19H,12-13,25H2,1H3. The van der Waals surface area contributed by atoms with Crippen LogP contribution in [0.2, 0.25) is 0 Å². The molecule has 0 saturated carbocycles. The number of nitrogens with two attached hydrogens (primary N) is 1. The average molecular weight is 400 g/mol. The number of rotatable bonds is 3. The summed E-state index contributed by atoms with van der Waals surface area (Å²) in [7, 11) is 1.56. The highest BCUT2D eigenvalue weighted by molar-refractivity contribution is 6.09. The fourth-order valence-corrected chi connectivity index (χ4v) is 4.29. The van der Waals surface area contributed by atoms with Crippen LogP contribution >= 0.6 is 0 Å². The molecule has 0 aromatic heterocycles. The zero-order chi connectivity index (χ0) is 20.8. The highest BCUT2D eigenvalue weighted by Crippen LogP contribution is 2.45. The van der Waals surface area contributed by atoms with Gasteiger partial charge < -0.3 is 15.2 Å². The Bertz CT molecular complexity index is 1230. The molecule has 2 amide bonds. The number of carbonyl (C=O) groups excluding carboxylic acids is 2. The van der Waals surface area contributed by atoms with Crippen LogP contribution in [-0.4, -0.2) is 23.8 Å². The average Bonchev–Trinajstić information content (AvgIpc) is 2.76. The molecule has 150 valence electrons. The van der Waals surface area contributed by atoms with Crippen molar-refractivity contribution in [3.05, 3.63) is 83.2 Å². The normalized spacial score (nSPS) is 18.2. The minimum Gasteiger partial charge on any atom is -0.497 e. The van der Waals surface area contributed by atoms with Crippen LogP contribution in [-0.2, 0) is 16.1 Å². The highest BCUT2D eigenvalue weighted by Gasteiger charge is 2.43. The summed E-state index contributed by atoms with van der Waals surface area (Å²) in [5.41, 5.74) is 8.16. The van der Waals surface area contributed by atoms with Crippen molar-refractivity contribution in [2.45, 2.75) is 18.9 Å². The number of amides is 2. The Labute approximate surface area is 173 Å². The Morgan fingerprint density at radius 2 is 1.90 bits per heavy atom. The molecule has 30 heavy (non-hydrogen) atoms. The molecule has 2 N–H and O–H groups in total. The van der Waals surface area contributed by atoms with Crippen molar-refractivity contribution in [1.82, 2.24) is 4.90 Å². The lowest BCUT2D eigenvalue weighted by Gasteiger charge is -2.36. The summed E-state index contributed by atoms with van der Waals surface area (Å²) in [5.74, 6) is 0.144. The molecular weight excluding hydrogens is 380 g/mol. The van der Waals surface area contributed by atoms with Crippen LogP contribution in [0, 0.1) is 0 Å². The molecule has 0 spiro atoms. The summed E-state index contributed by atoms with van der Waals surface area (Å²) in [6.07, 6.45) is 0.162. The maximum Gasteiger partial charge on any atom is 0.262 e. The molecule has 1 fully saturated rings. The van der Waals surface area contributed by atoms with Crippen molar-refractivity contribution in [2.24, 2.45) is 5.73 Å². The SMILES string of the molecule is COc1ccc2c(c1)OC(N)=C1C(=O)N(Cc3cccc4ccccc34)C(=O)CC12. The molecule has 0 aliphatic carbocycles. The molecule has 2 aliphatic heterocycles. The summed E-state index contributed by atoms with van der Waals surface area (Å²) < 4.78 is 11.0. The monoisotopic (exact) mass is 400 g/mol. The lowest BCUT2D eigenvalue weighted by Crippen LogP contribution is -2.46. The molecule has 3 aromatic carbocycles. The van der Waals surface area contributed by atoms with E-state index in [1.165, 1.54) is 4.90 Å². The van der Waals surface area contributed by atoms with Gasteiger partial charge >= 0.3 is 0 Å². The van der Waals surface area contributed by atoms with E-state index in [-0.39, 0.29) is 24.8 Å². The maximum absolute atomic E-state index is 13.3. The van der Waals surface area contributed by atoms with Gasteiger partial charge in [-0.3, -0.25) is 14.5 Å². The zero-order valence-electron chi connectivity index (χ0n) is 16.4. The molecule has 3 aromatic rings. The topological polar surface area (TPSA) is 81.9 Å². The van der Waals surface area contributed by atoms with E-state index in [0.717, 1.165) is 21.9 Å². The number of benzene rings is 3. The number of ether oxygens (including phenoxy) is 2. The van der Waals surface area contributed by atoms with Crippen LogP contribution in [0.3, 0.4) is 0 Å². The van der Waals surface area contributed by atoms with E-state index >= 15 is 0 Å². The van der Waals surface area contributed by atoms with Crippen LogP contribution in [0.1, 0.15) is 23.5 Å². The van der Waals surface area contributed by atoms with Crippen LogP contribution < -0.4 is 15.2 Å². The Morgan fingerprint density at radius 1 is 1.10 bits per heavy atom. The van der Waals surface area contributed by atoms with Gasteiger partial charge in [0.1, 0.15) is 11.5 Å². The van der Waals surface area contributed by atoms with Gasteiger partial charge in [-0.2, -0.15) is 0 Å². The van der Waals surface area contributed by atoms with E-state index in [2.05, 4.69) is 0 Å². The molecule has 1 atom stereocenters. The molecule has 5 rings (SSSR count). The Kier molecular flexibility index (Phi) is 4.20. The molecule has 1 unspecified atom stereocenters. The van der Waals surface area contributed by atoms with Crippen molar-refractivity contribution in [3.63, 3.8) is 0 Å². The first-order valence-electron chi connectivity index (χ1n) is 9.73. The molecule has 6 heteroatoms. The van der Waals surface area contributed by atoms with Gasteiger partial charge in [0.05, 0.1) is 19.2 Å². The van der Waals surface area contributed by atoms with Crippen LogP contribution in [0.4, 0.5) is 0 Å². The quantitative estimate of drug-likeness (QED) is 0.681. The Morgan fingerprint density at radius 3 is 2.73 bits per heavy atom. The summed E-state index contributed by atoms with van der Waals surface area (Å²) >= 11 is 0. The molecule has 0 bridgehead atoms. The summed E-state index contributed by atoms with van der Waals surface area (Å²) in [5, 5.41) is 2.08. The Hall–Kier alpha value is -3.80. The zero-order valence-corrected chi connectivity index (χ0v) is 16.4. The second-order valence-electron chi connectivity index (χ2n) is 7.46. The van der Waals surface area contributed by atoms with Crippen LogP contribution in [0.15, 0.2) is 72.1 Å². The first-order chi connectivity index (χ1) is 14.6. The van der Waals surface area contributed by atoms with E-state index in [4.69, 9.17) is 15.2 Å². The molecular formula is C24H20N2O4. The van der Waals surface area contributed by atoms with Crippen LogP contribution in [0.25, 0.3) is 10.8 Å². The lowest BCUT2D eigenvalue weighted by molar-refractivity contribution is -0.146. The van der Waals surface area contributed by atoms with Gasteiger partial charge in [-0.25, -0.2) is 0 Å². The third-order valence-corrected chi connectivity index (χ3v) is 5.79. The first kappa shape index (κ1) is 18.2. The molecule has 2 heterocycles. The molecule has 6 nitrogen and oxygen atoms in total. The van der Waals surface area contributed by atoms with Crippen molar-refractivity contribution < 1.29 is 19.1 Å². The van der Waals surface area contributed by atoms with Gasteiger partial charge in [0.15, 0.2) is 5.88 Å². The Balaban J connectivity index is 1.51. The fourth-order valence-electron chi connectivity index (χ4n) is 4.29. The van der Waals surface area contributed by atoms with Crippen molar-refractivity contribution in [1.29, 1.82) is 0 Å². The number of hydrogen-bond donors (Lipinski definition) is 1. The van der Waals surface area contributed by atoms with Crippen molar-refractivity contribution in [3.8, 4) is 11.5 Å². The minimum atomic E-state index is -0.413. The summed E-state index contributed by atoms with van der Waals surface area (Å²) in [6, 6.07) is 19.1. The second kappa shape index (κ2) is 6.91. The predicted molar refractivity (Wildman–Crippen MR) is 112 cm³/mol. The van der Waals surface area contributed by atoms with E-state index in [1.807, 2.05) is 48.5 Å². The van der Waals surface area contributed by atoms with Gasteiger partial charge in [0.25, 0.3) is 5.91 Å². The van der Waals surface area contributed by atoms with Gasteiger partial charge in [-0.05, 0) is 22.4 Å². The summed E-state index contributed by atoms with van der Waals surface area (Å²) in [6.45, 7) is 0.192.